The fraction of sp³-hybridized carbons (Fsp3) is 0.250. The van der Waals surface area contributed by atoms with Gasteiger partial charge in [-0.1, -0.05) is 29.3 Å². The third kappa shape index (κ3) is 3.24. The number of benzene rings is 2. The Bertz CT molecular complexity index is 594. The van der Waals surface area contributed by atoms with Crippen molar-refractivity contribution in [1.29, 1.82) is 0 Å². The van der Waals surface area contributed by atoms with Crippen LogP contribution < -0.4 is 9.47 Å². The molecule has 0 saturated heterocycles. The largest absolute Gasteiger partial charge is 0.496 e. The number of aryl methyl sites for hydroxylation is 1. The first-order valence-corrected chi connectivity index (χ1v) is 6.68. The van der Waals surface area contributed by atoms with E-state index in [1.165, 1.54) is 0 Å². The van der Waals surface area contributed by atoms with E-state index in [1.54, 1.807) is 25.3 Å². The minimum atomic E-state index is -0.153. The van der Waals surface area contributed by atoms with E-state index in [9.17, 15) is 5.11 Å². The van der Waals surface area contributed by atoms with Crippen molar-refractivity contribution >= 4 is 11.6 Å². The maximum absolute atomic E-state index is 9.35. The highest BCUT2D eigenvalue weighted by Crippen LogP contribution is 2.28. The number of halogens is 1. The summed E-state index contributed by atoms with van der Waals surface area (Å²) in [6.07, 6.45) is 0. The molecule has 0 amide bonds. The smallest absolute Gasteiger partial charge is 0.126 e. The van der Waals surface area contributed by atoms with Crippen LogP contribution in [0.3, 0.4) is 0 Å². The van der Waals surface area contributed by atoms with Crippen LogP contribution in [0.15, 0.2) is 36.4 Å². The van der Waals surface area contributed by atoms with E-state index < -0.39 is 0 Å². The third-order valence-corrected chi connectivity index (χ3v) is 3.41. The maximum atomic E-state index is 9.35. The number of rotatable bonds is 5. The van der Waals surface area contributed by atoms with Crippen LogP contribution in [0.1, 0.15) is 16.7 Å². The molecular formula is C16H17ClO3. The molecule has 20 heavy (non-hydrogen) atoms. The number of ether oxygens (including phenoxy) is 2. The number of aliphatic hydroxyl groups is 1. The van der Waals surface area contributed by atoms with Crippen LogP contribution in [0.4, 0.5) is 0 Å². The highest BCUT2D eigenvalue weighted by atomic mass is 35.5. The van der Waals surface area contributed by atoms with Crippen molar-refractivity contribution in [1.82, 2.24) is 0 Å². The molecule has 0 unspecified atom stereocenters. The minimum Gasteiger partial charge on any atom is -0.496 e. The van der Waals surface area contributed by atoms with Crippen molar-refractivity contribution in [3.63, 3.8) is 0 Å². The van der Waals surface area contributed by atoms with Crippen LogP contribution in [0, 0.1) is 6.92 Å². The van der Waals surface area contributed by atoms with E-state index in [-0.39, 0.29) is 6.61 Å². The van der Waals surface area contributed by atoms with Gasteiger partial charge in [-0.05, 0) is 31.2 Å². The Morgan fingerprint density at radius 1 is 1.15 bits per heavy atom. The van der Waals surface area contributed by atoms with Crippen molar-refractivity contribution in [3.05, 3.63) is 58.1 Å². The van der Waals surface area contributed by atoms with Crippen LogP contribution >= 0.6 is 11.6 Å². The second kappa shape index (κ2) is 6.64. The van der Waals surface area contributed by atoms with E-state index in [0.717, 1.165) is 16.9 Å². The Balaban J connectivity index is 2.21. The third-order valence-electron chi connectivity index (χ3n) is 3.05. The zero-order valence-electron chi connectivity index (χ0n) is 11.5. The summed E-state index contributed by atoms with van der Waals surface area (Å²) in [5.74, 6) is 1.37. The molecule has 2 aromatic rings. The van der Waals surface area contributed by atoms with Crippen molar-refractivity contribution in [2.45, 2.75) is 20.1 Å². The average Bonchev–Trinajstić information content (AvgIpc) is 2.45. The van der Waals surface area contributed by atoms with Crippen LogP contribution in [-0.4, -0.2) is 12.2 Å². The maximum Gasteiger partial charge on any atom is 0.126 e. The first-order valence-electron chi connectivity index (χ1n) is 6.30. The first-order chi connectivity index (χ1) is 9.65. The lowest BCUT2D eigenvalue weighted by molar-refractivity contribution is 0.257. The quantitative estimate of drug-likeness (QED) is 0.912. The van der Waals surface area contributed by atoms with Crippen molar-refractivity contribution in [2.75, 3.05) is 7.11 Å². The van der Waals surface area contributed by atoms with Gasteiger partial charge in [0.05, 0.1) is 13.7 Å². The lowest BCUT2D eigenvalue weighted by atomic mass is 10.1. The molecule has 1 N–H and O–H groups in total. The van der Waals surface area contributed by atoms with Crippen LogP contribution in [0.2, 0.25) is 5.02 Å². The summed E-state index contributed by atoms with van der Waals surface area (Å²) in [6, 6.07) is 11.2. The van der Waals surface area contributed by atoms with E-state index in [0.29, 0.717) is 22.9 Å². The van der Waals surface area contributed by atoms with E-state index in [4.69, 9.17) is 21.1 Å². The second-order valence-corrected chi connectivity index (χ2v) is 4.89. The standard InChI is InChI=1S/C16H17ClO3/c1-11-6-7-15(19-2)12(8-11)10-20-16-5-3-4-14(17)13(16)9-18/h3-8,18H,9-10H2,1-2H3. The summed E-state index contributed by atoms with van der Waals surface area (Å²) in [5, 5.41) is 9.85. The van der Waals surface area contributed by atoms with Gasteiger partial charge in [0, 0.05) is 16.1 Å². The SMILES string of the molecule is COc1ccc(C)cc1COc1cccc(Cl)c1CO. The molecule has 0 atom stereocenters. The van der Waals surface area contributed by atoms with Gasteiger partial charge in [-0.25, -0.2) is 0 Å². The zero-order valence-corrected chi connectivity index (χ0v) is 12.3. The molecule has 0 aliphatic heterocycles. The zero-order chi connectivity index (χ0) is 14.5. The van der Waals surface area contributed by atoms with Gasteiger partial charge in [-0.2, -0.15) is 0 Å². The Kier molecular flexibility index (Phi) is 4.88. The Morgan fingerprint density at radius 2 is 1.95 bits per heavy atom. The Hall–Kier alpha value is -1.71. The van der Waals surface area contributed by atoms with Crippen molar-refractivity contribution < 1.29 is 14.6 Å². The number of aliphatic hydroxyl groups excluding tert-OH is 1. The fourth-order valence-electron chi connectivity index (χ4n) is 2.00. The van der Waals surface area contributed by atoms with Gasteiger partial charge in [0.2, 0.25) is 0 Å². The Labute approximate surface area is 123 Å². The number of hydrogen-bond acceptors (Lipinski definition) is 3. The lowest BCUT2D eigenvalue weighted by Gasteiger charge is -2.13. The van der Waals surface area contributed by atoms with Gasteiger partial charge in [-0.15, -0.1) is 0 Å². The second-order valence-electron chi connectivity index (χ2n) is 4.48. The summed E-state index contributed by atoms with van der Waals surface area (Å²) in [7, 11) is 1.63. The molecule has 106 valence electrons. The normalized spacial score (nSPS) is 10.4. The predicted molar refractivity (Wildman–Crippen MR) is 79.4 cm³/mol. The van der Waals surface area contributed by atoms with Crippen LogP contribution in [-0.2, 0) is 13.2 Å². The molecule has 2 rings (SSSR count). The van der Waals surface area contributed by atoms with Gasteiger partial charge in [-0.3, -0.25) is 0 Å². The van der Waals surface area contributed by atoms with Crippen LogP contribution in [0.25, 0.3) is 0 Å². The summed E-state index contributed by atoms with van der Waals surface area (Å²) in [5.41, 5.74) is 2.69. The molecule has 0 aliphatic carbocycles. The summed E-state index contributed by atoms with van der Waals surface area (Å²) >= 11 is 6.03. The molecule has 3 nitrogen and oxygen atoms in total. The molecule has 0 radical (unpaired) electrons. The average molecular weight is 293 g/mol. The van der Waals surface area contributed by atoms with Crippen molar-refractivity contribution in [3.8, 4) is 11.5 Å². The van der Waals surface area contributed by atoms with Gasteiger partial charge in [0.25, 0.3) is 0 Å². The van der Waals surface area contributed by atoms with Gasteiger partial charge < -0.3 is 14.6 Å². The van der Waals surface area contributed by atoms with Crippen LogP contribution in [0.5, 0.6) is 11.5 Å². The predicted octanol–water partition coefficient (Wildman–Crippen LogP) is 3.73. The highest BCUT2D eigenvalue weighted by molar-refractivity contribution is 6.31. The molecule has 2 aromatic carbocycles. The molecule has 0 aromatic heterocycles. The van der Waals surface area contributed by atoms with Gasteiger partial charge >= 0.3 is 0 Å². The molecular weight excluding hydrogens is 276 g/mol. The monoisotopic (exact) mass is 292 g/mol. The van der Waals surface area contributed by atoms with E-state index >= 15 is 0 Å². The number of hydrogen-bond donors (Lipinski definition) is 1. The summed E-state index contributed by atoms with van der Waals surface area (Å²) in [4.78, 5) is 0. The topological polar surface area (TPSA) is 38.7 Å². The van der Waals surface area contributed by atoms with E-state index in [1.807, 2.05) is 25.1 Å². The summed E-state index contributed by atoms with van der Waals surface area (Å²) < 4.78 is 11.1. The van der Waals surface area contributed by atoms with Crippen molar-refractivity contribution in [2.24, 2.45) is 0 Å². The highest BCUT2D eigenvalue weighted by Gasteiger charge is 2.09. The number of methoxy groups -OCH3 is 1. The van der Waals surface area contributed by atoms with E-state index in [2.05, 4.69) is 0 Å². The van der Waals surface area contributed by atoms with Gasteiger partial charge in [0.1, 0.15) is 18.1 Å². The molecule has 4 heteroatoms. The molecule has 0 heterocycles. The molecule has 0 fully saturated rings. The Morgan fingerprint density at radius 3 is 2.65 bits per heavy atom. The molecule has 0 spiro atoms. The molecule has 0 saturated carbocycles. The lowest BCUT2D eigenvalue weighted by Crippen LogP contribution is -2.01. The fourth-order valence-corrected chi connectivity index (χ4v) is 2.23. The molecule has 0 bridgehead atoms. The molecule has 0 aliphatic rings. The first kappa shape index (κ1) is 14.7. The summed E-state index contributed by atoms with van der Waals surface area (Å²) in [6.45, 7) is 2.22. The minimum absolute atomic E-state index is 0.153. The van der Waals surface area contributed by atoms with Gasteiger partial charge in [0.15, 0.2) is 0 Å².